The van der Waals surface area contributed by atoms with Gasteiger partial charge in [-0.05, 0) is 18.6 Å². The van der Waals surface area contributed by atoms with Crippen LogP contribution in [-0.4, -0.2) is 103 Å². The van der Waals surface area contributed by atoms with Gasteiger partial charge in [0.15, 0.2) is 23.5 Å². The summed E-state index contributed by atoms with van der Waals surface area (Å²) in [5.41, 5.74) is -0.465. The van der Waals surface area contributed by atoms with E-state index in [9.17, 15) is 50.4 Å². The molecule has 1 fully saturated rings. The minimum atomic E-state index is -1.73. The van der Waals surface area contributed by atoms with Gasteiger partial charge in [-0.2, -0.15) is 0 Å². The number of phenols is 3. The van der Waals surface area contributed by atoms with E-state index in [2.05, 4.69) is 6.58 Å². The fourth-order valence-corrected chi connectivity index (χ4v) is 4.07. The number of carbonyl (C=O) groups is 2. The summed E-state index contributed by atoms with van der Waals surface area (Å²) in [6, 6.07) is 1.76. The van der Waals surface area contributed by atoms with Crippen LogP contribution < -0.4 is 0 Å². The molecule has 37 heavy (non-hydrogen) atoms. The van der Waals surface area contributed by atoms with Crippen LogP contribution in [0.2, 0.25) is 0 Å². The highest BCUT2D eigenvalue weighted by atomic mass is 16.8. The van der Waals surface area contributed by atoms with Crippen molar-refractivity contribution in [3.8, 4) is 17.2 Å². The Morgan fingerprint density at radius 1 is 1.03 bits per heavy atom. The van der Waals surface area contributed by atoms with Crippen molar-refractivity contribution in [2.75, 3.05) is 13.2 Å². The highest BCUT2D eigenvalue weighted by Gasteiger charge is 2.47. The normalized spacial score (nSPS) is 31.6. The Hall–Kier alpha value is -3.40. The molecule has 14 nitrogen and oxygen atoms in total. The lowest BCUT2D eigenvalue weighted by atomic mass is 9.82. The number of phenolic OH excluding ortho intramolecular Hbond substituents is 3. The molecule has 0 saturated carbocycles. The largest absolute Gasteiger partial charge is 0.504 e. The first-order valence-corrected chi connectivity index (χ1v) is 11.1. The summed E-state index contributed by atoms with van der Waals surface area (Å²) >= 11 is 0. The minimum Gasteiger partial charge on any atom is -0.504 e. The summed E-state index contributed by atoms with van der Waals surface area (Å²) in [7, 11) is 0. The van der Waals surface area contributed by atoms with Crippen LogP contribution in [0.3, 0.4) is 0 Å². The molecule has 0 unspecified atom stereocenters. The van der Waals surface area contributed by atoms with Gasteiger partial charge in [-0.3, -0.25) is 0 Å². The van der Waals surface area contributed by atoms with Crippen LogP contribution >= 0.6 is 0 Å². The first kappa shape index (κ1) is 28.2. The molecule has 8 N–H and O–H groups in total. The molecule has 0 spiro atoms. The fraction of sp³-hybridized carbons (Fsp3) is 0.478. The first-order chi connectivity index (χ1) is 17.5. The maximum atomic E-state index is 12.3. The average Bonchev–Trinajstić information content (AvgIpc) is 2.86. The number of aliphatic carboxylic acids is 1. The van der Waals surface area contributed by atoms with E-state index in [1.54, 1.807) is 0 Å². The van der Waals surface area contributed by atoms with E-state index in [-0.39, 0.29) is 24.2 Å². The van der Waals surface area contributed by atoms with Crippen molar-refractivity contribution < 1.29 is 69.4 Å². The Labute approximate surface area is 209 Å². The van der Waals surface area contributed by atoms with E-state index in [0.717, 1.165) is 18.4 Å². The van der Waals surface area contributed by atoms with Gasteiger partial charge >= 0.3 is 11.9 Å². The molecule has 2 aliphatic rings. The molecule has 0 aromatic heterocycles. The molecule has 3 rings (SSSR count). The molecule has 0 bridgehead atoms. The predicted molar refractivity (Wildman–Crippen MR) is 119 cm³/mol. The molecular weight excluding hydrogens is 500 g/mol. The second-order valence-electron chi connectivity index (χ2n) is 8.42. The highest BCUT2D eigenvalue weighted by molar-refractivity contribution is 5.91. The van der Waals surface area contributed by atoms with E-state index in [4.69, 9.17) is 18.9 Å². The molecular formula is C23H28O14. The SMILES string of the molecule is C=C[C@H]1[C@H](O[C@@H]2O[C@H](CO)[C@@H](O)[C@H](O)[C@H]2O)OC=C(C(=O)O)[C@H]1CCOC(=O)c1cc(O)c(O)c(O)c1. The predicted octanol–water partition coefficient (Wildman–Crippen LogP) is -1.09. The van der Waals surface area contributed by atoms with Crippen molar-refractivity contribution in [2.45, 2.75) is 43.4 Å². The van der Waals surface area contributed by atoms with Gasteiger partial charge in [-0.15, -0.1) is 6.58 Å². The second-order valence-corrected chi connectivity index (χ2v) is 8.42. The minimum absolute atomic E-state index is 0.0749. The Balaban J connectivity index is 1.72. The molecule has 8 atom stereocenters. The molecule has 2 heterocycles. The molecule has 0 aliphatic carbocycles. The van der Waals surface area contributed by atoms with Gasteiger partial charge in [0.1, 0.15) is 24.4 Å². The van der Waals surface area contributed by atoms with Crippen LogP contribution in [0.25, 0.3) is 0 Å². The standard InChI is InChI=1S/C23H28O14/c1-2-10-11(3-4-34-21(33)9-5-13(25)16(27)14(26)6-9)12(20(31)32)8-35-22(10)37-23-19(30)18(29)17(28)15(7-24)36-23/h2,5-6,8,10-11,15,17-19,22-30H,1,3-4,7H2,(H,31,32)/t10-,11+,15-,17-,18+,19-,22+,23+/m1/s1. The summed E-state index contributed by atoms with van der Waals surface area (Å²) in [6.07, 6.45) is -6.96. The quantitative estimate of drug-likeness (QED) is 0.108. The van der Waals surface area contributed by atoms with Crippen molar-refractivity contribution in [3.63, 3.8) is 0 Å². The number of hydrogen-bond acceptors (Lipinski definition) is 13. The number of benzene rings is 1. The Morgan fingerprint density at radius 2 is 1.68 bits per heavy atom. The number of aromatic hydroxyl groups is 3. The molecule has 0 amide bonds. The van der Waals surface area contributed by atoms with Crippen LogP contribution in [0.5, 0.6) is 17.2 Å². The fourth-order valence-electron chi connectivity index (χ4n) is 4.07. The van der Waals surface area contributed by atoms with Gasteiger partial charge in [0.05, 0.1) is 30.6 Å². The van der Waals surface area contributed by atoms with Gasteiger partial charge in [0, 0.05) is 11.8 Å². The van der Waals surface area contributed by atoms with Gasteiger partial charge in [0.25, 0.3) is 0 Å². The Kier molecular flexibility index (Phi) is 8.96. The van der Waals surface area contributed by atoms with Gasteiger partial charge in [-0.25, -0.2) is 9.59 Å². The van der Waals surface area contributed by atoms with Crippen molar-refractivity contribution in [1.29, 1.82) is 0 Å². The summed E-state index contributed by atoms with van der Waals surface area (Å²) in [6.45, 7) is 2.66. The van der Waals surface area contributed by atoms with Crippen molar-refractivity contribution >= 4 is 11.9 Å². The lowest BCUT2D eigenvalue weighted by Crippen LogP contribution is -2.60. The van der Waals surface area contributed by atoms with Crippen LogP contribution in [0.1, 0.15) is 16.8 Å². The molecule has 1 aromatic rings. The monoisotopic (exact) mass is 528 g/mol. The van der Waals surface area contributed by atoms with Crippen LogP contribution in [0, 0.1) is 11.8 Å². The van der Waals surface area contributed by atoms with E-state index < -0.39 is 84.6 Å². The van der Waals surface area contributed by atoms with Crippen molar-refractivity contribution in [2.24, 2.45) is 11.8 Å². The Bertz CT molecular complexity index is 1010. The van der Waals surface area contributed by atoms with Crippen molar-refractivity contribution in [3.05, 3.63) is 42.2 Å². The lowest BCUT2D eigenvalue weighted by Gasteiger charge is -2.43. The second kappa shape index (κ2) is 11.8. The van der Waals surface area contributed by atoms with E-state index in [1.807, 2.05) is 0 Å². The van der Waals surface area contributed by atoms with Crippen LogP contribution in [0.4, 0.5) is 0 Å². The number of hydrogen-bond donors (Lipinski definition) is 8. The number of carboxylic acids is 1. The molecule has 204 valence electrons. The Morgan fingerprint density at radius 3 is 2.24 bits per heavy atom. The smallest absolute Gasteiger partial charge is 0.338 e. The van der Waals surface area contributed by atoms with E-state index in [1.165, 1.54) is 6.08 Å². The van der Waals surface area contributed by atoms with Gasteiger partial charge < -0.3 is 59.8 Å². The third-order valence-electron chi connectivity index (χ3n) is 6.11. The summed E-state index contributed by atoms with van der Waals surface area (Å²) in [5.74, 6) is -6.36. The zero-order valence-electron chi connectivity index (χ0n) is 19.3. The molecule has 1 aromatic carbocycles. The number of ether oxygens (including phenoxy) is 4. The summed E-state index contributed by atoms with van der Waals surface area (Å²) in [4.78, 5) is 24.1. The maximum Gasteiger partial charge on any atom is 0.338 e. The average molecular weight is 528 g/mol. The zero-order valence-corrected chi connectivity index (χ0v) is 19.3. The van der Waals surface area contributed by atoms with Crippen LogP contribution in [-0.2, 0) is 23.7 Å². The van der Waals surface area contributed by atoms with Gasteiger partial charge in [-0.1, -0.05) is 6.08 Å². The molecule has 14 heteroatoms. The topological polar surface area (TPSA) is 233 Å². The summed E-state index contributed by atoms with van der Waals surface area (Å²) < 4.78 is 21.4. The molecule has 2 aliphatic heterocycles. The lowest BCUT2D eigenvalue weighted by molar-refractivity contribution is -0.339. The number of rotatable bonds is 9. The number of esters is 1. The maximum absolute atomic E-state index is 12.3. The van der Waals surface area contributed by atoms with Crippen molar-refractivity contribution in [1.82, 2.24) is 0 Å². The zero-order chi connectivity index (χ0) is 27.4. The van der Waals surface area contributed by atoms with Gasteiger partial charge in [0.2, 0.25) is 6.29 Å². The third kappa shape index (κ3) is 5.95. The number of carbonyl (C=O) groups excluding carboxylic acids is 1. The molecule has 1 saturated heterocycles. The number of carboxylic acid groups (broad SMARTS) is 1. The first-order valence-electron chi connectivity index (χ1n) is 11.1. The molecule has 0 radical (unpaired) electrons. The number of aliphatic hydroxyl groups is 4. The van der Waals surface area contributed by atoms with Crippen LogP contribution in [0.15, 0.2) is 36.6 Å². The highest BCUT2D eigenvalue weighted by Crippen LogP contribution is 2.38. The van der Waals surface area contributed by atoms with E-state index in [0.29, 0.717) is 0 Å². The summed E-state index contributed by atoms with van der Waals surface area (Å²) in [5, 5.41) is 77.7. The third-order valence-corrected chi connectivity index (χ3v) is 6.11. The number of aliphatic hydroxyl groups excluding tert-OH is 4. The van der Waals surface area contributed by atoms with E-state index >= 15 is 0 Å².